The predicted octanol–water partition coefficient (Wildman–Crippen LogP) is 4.28. The average Bonchev–Trinajstić information content (AvgIpc) is 3.40. The molecule has 0 aliphatic carbocycles. The van der Waals surface area contributed by atoms with Gasteiger partial charge >= 0.3 is 5.97 Å². The number of benzene rings is 2. The molecule has 2 aromatic heterocycles. The van der Waals surface area contributed by atoms with Crippen LogP contribution < -0.4 is 0 Å². The maximum Gasteiger partial charge on any atom is 0.363 e. The molecule has 0 amide bonds. The van der Waals surface area contributed by atoms with Gasteiger partial charge in [0.1, 0.15) is 5.69 Å². The molecule has 0 atom stereocenters. The molecule has 0 N–H and O–H groups in total. The summed E-state index contributed by atoms with van der Waals surface area (Å²) in [7, 11) is 0. The van der Waals surface area contributed by atoms with E-state index in [1.807, 2.05) is 79.0 Å². The molecule has 0 saturated carbocycles. The quantitative estimate of drug-likeness (QED) is 0.384. The van der Waals surface area contributed by atoms with Gasteiger partial charge < -0.3 is 4.74 Å². The maximum atomic E-state index is 12.4. The number of esters is 1. The van der Waals surface area contributed by atoms with Crippen LogP contribution in [0, 0.1) is 0 Å². The summed E-state index contributed by atoms with van der Waals surface area (Å²) in [5.74, 6) is -0.191. The van der Waals surface area contributed by atoms with Crippen LogP contribution in [0.4, 0.5) is 0 Å². The van der Waals surface area contributed by atoms with Gasteiger partial charge in [-0.05, 0) is 42.5 Å². The van der Waals surface area contributed by atoms with Gasteiger partial charge in [-0.1, -0.05) is 36.4 Å². The van der Waals surface area contributed by atoms with Gasteiger partial charge in [0.05, 0.1) is 5.69 Å². The summed E-state index contributed by atoms with van der Waals surface area (Å²) in [5, 5.41) is 4.73. The number of aliphatic imine (C=N–C) groups is 1. The van der Waals surface area contributed by atoms with E-state index in [-0.39, 0.29) is 5.70 Å². The van der Waals surface area contributed by atoms with Crippen molar-refractivity contribution in [3.63, 3.8) is 0 Å². The van der Waals surface area contributed by atoms with Crippen molar-refractivity contribution in [2.45, 2.75) is 0 Å². The van der Waals surface area contributed by atoms with Crippen LogP contribution in [0.5, 0.6) is 0 Å². The summed E-state index contributed by atoms with van der Waals surface area (Å²) in [4.78, 5) is 21.0. The minimum Gasteiger partial charge on any atom is -0.402 e. The number of hydrogen-bond donors (Lipinski definition) is 0. The van der Waals surface area contributed by atoms with Crippen molar-refractivity contribution in [2.24, 2.45) is 4.99 Å². The topological polar surface area (TPSA) is 69.4 Å². The maximum absolute atomic E-state index is 12.4. The number of nitrogens with zero attached hydrogens (tertiary/aromatic N) is 4. The second-order valence-electron chi connectivity index (χ2n) is 6.66. The zero-order valence-electron chi connectivity index (χ0n) is 15.8. The molecular formula is C24H16N4O2. The van der Waals surface area contributed by atoms with Gasteiger partial charge in [0.2, 0.25) is 5.90 Å². The lowest BCUT2D eigenvalue weighted by atomic mass is 10.1. The van der Waals surface area contributed by atoms with Gasteiger partial charge in [-0.2, -0.15) is 5.10 Å². The SMILES string of the molecule is O=C1OC(c2ccccc2)=NC1=Cc1cn(-c2ccccc2)nc1-c1cccnc1. The van der Waals surface area contributed by atoms with E-state index in [1.165, 1.54) is 0 Å². The second kappa shape index (κ2) is 7.60. The molecule has 2 aromatic carbocycles. The van der Waals surface area contributed by atoms with Crippen molar-refractivity contribution in [1.82, 2.24) is 14.8 Å². The van der Waals surface area contributed by atoms with Crippen molar-refractivity contribution in [3.05, 3.63) is 108 Å². The number of rotatable bonds is 4. The number of hydrogen-bond acceptors (Lipinski definition) is 5. The van der Waals surface area contributed by atoms with Crippen LogP contribution >= 0.6 is 0 Å². The van der Waals surface area contributed by atoms with Crippen molar-refractivity contribution in [3.8, 4) is 16.9 Å². The number of cyclic esters (lactones) is 1. The Hall–Kier alpha value is -4.32. The van der Waals surface area contributed by atoms with Crippen molar-refractivity contribution in [2.75, 3.05) is 0 Å². The second-order valence-corrected chi connectivity index (χ2v) is 6.66. The lowest BCUT2D eigenvalue weighted by molar-refractivity contribution is -0.129. The van der Waals surface area contributed by atoms with Gasteiger partial charge in [-0.15, -0.1) is 0 Å². The molecule has 3 heterocycles. The van der Waals surface area contributed by atoms with E-state index in [4.69, 9.17) is 9.84 Å². The van der Waals surface area contributed by atoms with Gasteiger partial charge in [0.25, 0.3) is 0 Å². The van der Waals surface area contributed by atoms with Crippen LogP contribution in [0.25, 0.3) is 23.0 Å². The van der Waals surface area contributed by atoms with E-state index in [2.05, 4.69) is 9.98 Å². The van der Waals surface area contributed by atoms with Crippen LogP contribution in [0.2, 0.25) is 0 Å². The van der Waals surface area contributed by atoms with Gasteiger partial charge in [0.15, 0.2) is 5.70 Å². The molecule has 0 unspecified atom stereocenters. The highest BCUT2D eigenvalue weighted by Gasteiger charge is 2.25. The first kappa shape index (κ1) is 17.8. The summed E-state index contributed by atoms with van der Waals surface area (Å²) < 4.78 is 7.15. The Kier molecular flexibility index (Phi) is 4.50. The van der Waals surface area contributed by atoms with Crippen molar-refractivity contribution >= 4 is 17.9 Å². The number of carbonyl (C=O) groups excluding carboxylic acids is 1. The third kappa shape index (κ3) is 3.42. The number of para-hydroxylation sites is 1. The summed E-state index contributed by atoms with van der Waals surface area (Å²) in [5.41, 5.74) is 4.19. The normalized spacial score (nSPS) is 14.6. The molecule has 6 heteroatoms. The largest absolute Gasteiger partial charge is 0.402 e. The number of ether oxygens (including phenoxy) is 1. The molecular weight excluding hydrogens is 376 g/mol. The van der Waals surface area contributed by atoms with Crippen LogP contribution in [-0.2, 0) is 9.53 Å². The molecule has 6 nitrogen and oxygen atoms in total. The molecule has 0 bridgehead atoms. The molecule has 5 rings (SSSR count). The summed E-state index contributed by atoms with van der Waals surface area (Å²) in [6, 6.07) is 22.9. The van der Waals surface area contributed by atoms with Gasteiger partial charge in [-0.25, -0.2) is 14.5 Å². The summed E-state index contributed by atoms with van der Waals surface area (Å²) in [6.45, 7) is 0. The minimum atomic E-state index is -0.488. The van der Waals surface area contributed by atoms with E-state index in [9.17, 15) is 4.79 Å². The lowest BCUT2D eigenvalue weighted by Crippen LogP contribution is -2.04. The molecule has 1 aliphatic rings. The molecule has 1 aliphatic heterocycles. The molecule has 144 valence electrons. The standard InChI is InChI=1S/C24H16N4O2/c29-24-21(26-23(30-24)17-8-3-1-4-9-17)14-19-16-28(20-11-5-2-6-12-20)27-22(19)18-10-7-13-25-15-18/h1-16H. The van der Waals surface area contributed by atoms with Crippen LogP contribution in [-0.4, -0.2) is 26.6 Å². The van der Waals surface area contributed by atoms with Crippen LogP contribution in [0.3, 0.4) is 0 Å². The monoisotopic (exact) mass is 392 g/mol. The molecule has 30 heavy (non-hydrogen) atoms. The Bertz CT molecular complexity index is 1260. The number of carbonyl (C=O) groups is 1. The molecule has 0 radical (unpaired) electrons. The van der Waals surface area contributed by atoms with E-state index in [0.29, 0.717) is 11.6 Å². The Morgan fingerprint density at radius 3 is 2.33 bits per heavy atom. The van der Waals surface area contributed by atoms with E-state index < -0.39 is 5.97 Å². The minimum absolute atomic E-state index is 0.228. The van der Waals surface area contributed by atoms with E-state index >= 15 is 0 Å². The third-order valence-corrected chi connectivity index (χ3v) is 4.63. The zero-order chi connectivity index (χ0) is 20.3. The first-order valence-corrected chi connectivity index (χ1v) is 9.41. The highest BCUT2D eigenvalue weighted by molar-refractivity contribution is 6.13. The Balaban J connectivity index is 1.60. The molecule has 4 aromatic rings. The van der Waals surface area contributed by atoms with Crippen LogP contribution in [0.15, 0.2) is 102 Å². The highest BCUT2D eigenvalue weighted by Crippen LogP contribution is 2.27. The number of pyridine rings is 1. The van der Waals surface area contributed by atoms with Crippen molar-refractivity contribution < 1.29 is 9.53 Å². The van der Waals surface area contributed by atoms with Gasteiger partial charge in [0, 0.05) is 35.3 Å². The third-order valence-electron chi connectivity index (χ3n) is 4.63. The Morgan fingerprint density at radius 2 is 1.60 bits per heavy atom. The predicted molar refractivity (Wildman–Crippen MR) is 114 cm³/mol. The average molecular weight is 392 g/mol. The van der Waals surface area contributed by atoms with E-state index in [1.54, 1.807) is 23.2 Å². The smallest absolute Gasteiger partial charge is 0.363 e. The fraction of sp³-hybridized carbons (Fsp3) is 0. The Morgan fingerprint density at radius 1 is 0.867 bits per heavy atom. The fourth-order valence-corrected chi connectivity index (χ4v) is 3.19. The molecule has 0 saturated heterocycles. The van der Waals surface area contributed by atoms with E-state index in [0.717, 1.165) is 22.4 Å². The number of aromatic nitrogens is 3. The Labute approximate surface area is 172 Å². The first-order valence-electron chi connectivity index (χ1n) is 9.41. The first-order chi connectivity index (χ1) is 14.8. The molecule has 0 fully saturated rings. The van der Waals surface area contributed by atoms with Crippen molar-refractivity contribution in [1.29, 1.82) is 0 Å². The summed E-state index contributed by atoms with van der Waals surface area (Å²) >= 11 is 0. The zero-order valence-corrected chi connectivity index (χ0v) is 15.8. The molecule has 0 spiro atoms. The highest BCUT2D eigenvalue weighted by atomic mass is 16.6. The van der Waals surface area contributed by atoms with Gasteiger partial charge in [-0.3, -0.25) is 4.98 Å². The summed E-state index contributed by atoms with van der Waals surface area (Å²) in [6.07, 6.45) is 7.02. The fourth-order valence-electron chi connectivity index (χ4n) is 3.19. The van der Waals surface area contributed by atoms with Crippen LogP contribution in [0.1, 0.15) is 11.1 Å². The lowest BCUT2D eigenvalue weighted by Gasteiger charge is -1.99.